The molecular formula is C14H18N4O2. The quantitative estimate of drug-likeness (QED) is 0.768. The zero-order valence-electron chi connectivity index (χ0n) is 11.9. The molecule has 0 bridgehead atoms. The van der Waals surface area contributed by atoms with Crippen molar-refractivity contribution in [1.82, 2.24) is 19.9 Å². The minimum atomic E-state index is -0.315. The Hall–Kier alpha value is -2.21. The van der Waals surface area contributed by atoms with Crippen LogP contribution in [0.25, 0.3) is 0 Å². The lowest BCUT2D eigenvalue weighted by Gasteiger charge is -2.15. The second-order valence-electron chi connectivity index (χ2n) is 4.69. The summed E-state index contributed by atoms with van der Waals surface area (Å²) >= 11 is 0. The van der Waals surface area contributed by atoms with Crippen LogP contribution in [0.3, 0.4) is 0 Å². The van der Waals surface area contributed by atoms with Gasteiger partial charge in [-0.05, 0) is 24.7 Å². The normalized spacial score (nSPS) is 10.8. The maximum atomic E-state index is 11.3. The summed E-state index contributed by atoms with van der Waals surface area (Å²) in [5.74, 6) is -0.315. The van der Waals surface area contributed by atoms with Crippen LogP contribution in [0.4, 0.5) is 0 Å². The smallest absolute Gasteiger partial charge is 0.337 e. The van der Waals surface area contributed by atoms with E-state index in [2.05, 4.69) is 19.8 Å². The molecule has 6 nitrogen and oxygen atoms in total. The molecule has 0 N–H and O–H groups in total. The van der Waals surface area contributed by atoms with Crippen molar-refractivity contribution in [3.05, 3.63) is 47.3 Å². The fraction of sp³-hybridized carbons (Fsp3) is 0.357. The van der Waals surface area contributed by atoms with Gasteiger partial charge in [0.25, 0.3) is 0 Å². The van der Waals surface area contributed by atoms with Crippen molar-refractivity contribution in [2.75, 3.05) is 14.2 Å². The summed E-state index contributed by atoms with van der Waals surface area (Å²) in [6, 6.07) is 7.41. The Bertz CT molecular complexity index is 577. The standard InChI is InChI=1S/C14H18N4O2/c1-17(10-13-8-15-18(2)16-13)9-11-4-6-12(7-5-11)14(19)20-3/h4-8H,9-10H2,1-3H3. The van der Waals surface area contributed by atoms with Crippen LogP contribution in [0, 0.1) is 0 Å². The van der Waals surface area contributed by atoms with E-state index in [1.807, 2.05) is 19.2 Å². The van der Waals surface area contributed by atoms with Gasteiger partial charge in [0, 0.05) is 20.1 Å². The molecule has 0 unspecified atom stereocenters. The molecule has 20 heavy (non-hydrogen) atoms. The molecule has 106 valence electrons. The first-order chi connectivity index (χ1) is 9.58. The number of rotatable bonds is 5. The van der Waals surface area contributed by atoms with Crippen molar-refractivity contribution < 1.29 is 9.53 Å². The van der Waals surface area contributed by atoms with Crippen molar-refractivity contribution in [3.63, 3.8) is 0 Å². The van der Waals surface area contributed by atoms with Crippen LogP contribution in [0.2, 0.25) is 0 Å². The van der Waals surface area contributed by atoms with Crippen LogP contribution in [0.15, 0.2) is 30.5 Å². The number of hydrogen-bond acceptors (Lipinski definition) is 5. The first-order valence-electron chi connectivity index (χ1n) is 6.29. The van der Waals surface area contributed by atoms with E-state index in [9.17, 15) is 4.79 Å². The second-order valence-corrected chi connectivity index (χ2v) is 4.69. The topological polar surface area (TPSA) is 60.2 Å². The monoisotopic (exact) mass is 274 g/mol. The van der Waals surface area contributed by atoms with Crippen LogP contribution >= 0.6 is 0 Å². The summed E-state index contributed by atoms with van der Waals surface area (Å²) in [6.07, 6.45) is 1.76. The van der Waals surface area contributed by atoms with E-state index in [1.54, 1.807) is 30.2 Å². The highest BCUT2D eigenvalue weighted by Crippen LogP contribution is 2.09. The van der Waals surface area contributed by atoms with Crippen LogP contribution in [0.1, 0.15) is 21.6 Å². The Labute approximate surface area is 118 Å². The Morgan fingerprint density at radius 3 is 2.55 bits per heavy atom. The lowest BCUT2D eigenvalue weighted by molar-refractivity contribution is 0.0600. The van der Waals surface area contributed by atoms with Crippen molar-refractivity contribution in [2.45, 2.75) is 13.1 Å². The predicted octanol–water partition coefficient (Wildman–Crippen LogP) is 1.23. The largest absolute Gasteiger partial charge is 0.465 e. The highest BCUT2D eigenvalue weighted by molar-refractivity contribution is 5.89. The van der Waals surface area contributed by atoms with Crippen molar-refractivity contribution in [3.8, 4) is 0 Å². The van der Waals surface area contributed by atoms with Crippen molar-refractivity contribution >= 4 is 5.97 Å². The molecule has 2 aromatic rings. The highest BCUT2D eigenvalue weighted by Gasteiger charge is 2.07. The maximum absolute atomic E-state index is 11.3. The van der Waals surface area contributed by atoms with Gasteiger partial charge < -0.3 is 4.74 Å². The van der Waals surface area contributed by atoms with Crippen molar-refractivity contribution in [2.24, 2.45) is 7.05 Å². The number of carbonyl (C=O) groups is 1. The third-order valence-corrected chi connectivity index (χ3v) is 2.91. The Kier molecular flexibility index (Phi) is 4.47. The van der Waals surface area contributed by atoms with Gasteiger partial charge in [-0.1, -0.05) is 12.1 Å². The number of hydrogen-bond donors (Lipinski definition) is 0. The predicted molar refractivity (Wildman–Crippen MR) is 74.0 cm³/mol. The lowest BCUT2D eigenvalue weighted by Crippen LogP contribution is -2.17. The summed E-state index contributed by atoms with van der Waals surface area (Å²) in [4.78, 5) is 15.0. The fourth-order valence-electron chi connectivity index (χ4n) is 1.97. The molecular weight excluding hydrogens is 256 g/mol. The molecule has 0 atom stereocenters. The SMILES string of the molecule is COC(=O)c1ccc(CN(C)Cc2cnn(C)n2)cc1. The number of aryl methyl sites for hydroxylation is 1. The number of aromatic nitrogens is 3. The van der Waals surface area contributed by atoms with Crippen LogP contribution in [0.5, 0.6) is 0 Å². The summed E-state index contributed by atoms with van der Waals surface area (Å²) in [7, 11) is 5.20. The molecule has 1 aromatic carbocycles. The third-order valence-electron chi connectivity index (χ3n) is 2.91. The summed E-state index contributed by atoms with van der Waals surface area (Å²) in [6.45, 7) is 1.50. The van der Waals surface area contributed by atoms with Crippen LogP contribution in [-0.2, 0) is 24.9 Å². The number of benzene rings is 1. The highest BCUT2D eigenvalue weighted by atomic mass is 16.5. The number of nitrogens with zero attached hydrogens (tertiary/aromatic N) is 4. The van der Waals surface area contributed by atoms with E-state index in [-0.39, 0.29) is 5.97 Å². The van der Waals surface area contributed by atoms with Crippen LogP contribution in [-0.4, -0.2) is 40.0 Å². The zero-order valence-corrected chi connectivity index (χ0v) is 11.9. The molecule has 0 aliphatic rings. The second kappa shape index (κ2) is 6.29. The maximum Gasteiger partial charge on any atom is 0.337 e. The molecule has 0 saturated carbocycles. The van der Waals surface area contributed by atoms with E-state index in [0.29, 0.717) is 5.56 Å². The number of carbonyl (C=O) groups excluding carboxylic acids is 1. The molecule has 1 heterocycles. The number of methoxy groups -OCH3 is 1. The number of esters is 1. The molecule has 0 amide bonds. The Balaban J connectivity index is 1.94. The molecule has 0 radical (unpaired) electrons. The average molecular weight is 274 g/mol. The summed E-state index contributed by atoms with van der Waals surface area (Å²) in [5.41, 5.74) is 2.62. The summed E-state index contributed by atoms with van der Waals surface area (Å²) in [5, 5.41) is 8.29. The minimum Gasteiger partial charge on any atom is -0.465 e. The van der Waals surface area contributed by atoms with Gasteiger partial charge in [-0.25, -0.2) is 4.79 Å². The minimum absolute atomic E-state index is 0.315. The molecule has 2 rings (SSSR count). The third kappa shape index (κ3) is 3.64. The first kappa shape index (κ1) is 14.2. The van der Waals surface area contributed by atoms with E-state index < -0.39 is 0 Å². The molecule has 0 aliphatic carbocycles. The molecule has 0 spiro atoms. The number of ether oxygens (including phenoxy) is 1. The Morgan fingerprint density at radius 2 is 2.00 bits per heavy atom. The molecule has 0 saturated heterocycles. The van der Waals surface area contributed by atoms with Crippen LogP contribution < -0.4 is 0 Å². The van der Waals surface area contributed by atoms with E-state index >= 15 is 0 Å². The molecule has 6 heteroatoms. The zero-order chi connectivity index (χ0) is 14.5. The fourth-order valence-corrected chi connectivity index (χ4v) is 1.97. The summed E-state index contributed by atoms with van der Waals surface area (Å²) < 4.78 is 4.67. The van der Waals surface area contributed by atoms with E-state index in [0.717, 1.165) is 24.3 Å². The Morgan fingerprint density at radius 1 is 1.30 bits per heavy atom. The van der Waals surface area contributed by atoms with Gasteiger partial charge in [0.05, 0.1) is 24.6 Å². The van der Waals surface area contributed by atoms with Crippen molar-refractivity contribution in [1.29, 1.82) is 0 Å². The molecule has 0 fully saturated rings. The molecule has 0 aliphatic heterocycles. The van der Waals surface area contributed by atoms with Gasteiger partial charge in [-0.3, -0.25) is 4.90 Å². The van der Waals surface area contributed by atoms with E-state index in [4.69, 9.17) is 0 Å². The van der Waals surface area contributed by atoms with Gasteiger partial charge in [0.15, 0.2) is 0 Å². The van der Waals surface area contributed by atoms with Gasteiger partial charge in [-0.2, -0.15) is 15.0 Å². The van der Waals surface area contributed by atoms with Gasteiger partial charge in [0.2, 0.25) is 0 Å². The van der Waals surface area contributed by atoms with Gasteiger partial charge in [-0.15, -0.1) is 0 Å². The van der Waals surface area contributed by atoms with Gasteiger partial charge >= 0.3 is 5.97 Å². The first-order valence-corrected chi connectivity index (χ1v) is 6.29. The van der Waals surface area contributed by atoms with Gasteiger partial charge in [0.1, 0.15) is 0 Å². The lowest BCUT2D eigenvalue weighted by atomic mass is 10.1. The van der Waals surface area contributed by atoms with E-state index in [1.165, 1.54) is 7.11 Å². The molecule has 1 aromatic heterocycles. The average Bonchev–Trinajstić information content (AvgIpc) is 2.84.